The highest BCUT2D eigenvalue weighted by Crippen LogP contribution is 2.43. The fraction of sp³-hybridized carbons (Fsp3) is 0.333. The van der Waals surface area contributed by atoms with Crippen LogP contribution in [0, 0.1) is 0 Å². The molecule has 13 heteroatoms. The first-order chi connectivity index (χ1) is 10.1. The summed E-state index contributed by atoms with van der Waals surface area (Å²) in [6, 6.07) is 4.88. The summed E-state index contributed by atoms with van der Waals surface area (Å²) in [6.45, 7) is 1.87. The molecule has 0 aromatic heterocycles. The van der Waals surface area contributed by atoms with Crippen molar-refractivity contribution < 1.29 is 59.6 Å². The lowest BCUT2D eigenvalue weighted by molar-refractivity contribution is -0.286. The summed E-state index contributed by atoms with van der Waals surface area (Å²) in [7, 11) is 0. The predicted octanol–water partition coefficient (Wildman–Crippen LogP) is 6.08. The van der Waals surface area contributed by atoms with E-state index < -0.39 is 6.29 Å². The molecule has 0 radical (unpaired) electrons. The summed E-state index contributed by atoms with van der Waals surface area (Å²) in [6.07, 6.45) is -2.86. The Morgan fingerprint density at radius 1 is 0.864 bits per heavy atom. The fourth-order valence-corrected chi connectivity index (χ4v) is 1.30. The molecule has 0 amide bonds. The second kappa shape index (κ2) is 17.1. The van der Waals surface area contributed by atoms with Crippen LogP contribution in [0.4, 0.5) is 50.1 Å². The van der Waals surface area contributed by atoms with Gasteiger partial charge in [0.15, 0.2) is 11.5 Å². The van der Waals surface area contributed by atoms with E-state index in [1.165, 1.54) is 6.07 Å². The number of alkyl halides is 2. The monoisotopic (exact) mass is 358 g/mol. The van der Waals surface area contributed by atoms with Crippen molar-refractivity contribution in [2.75, 3.05) is 0 Å². The normalized spacial score (nSPS) is 11.4. The molecule has 0 spiro atoms. The fourth-order valence-electron chi connectivity index (χ4n) is 1.30. The van der Waals surface area contributed by atoms with Gasteiger partial charge in [-0.2, -0.15) is 0 Å². The second-order valence-corrected chi connectivity index (χ2v) is 2.77. The number of fused-ring (bicyclic) bond motifs is 1. The largest absolute Gasteiger partial charge is 0.586 e. The zero-order valence-electron chi connectivity index (χ0n) is 10.4. The zero-order chi connectivity index (χ0) is 17.5. The first-order valence-corrected chi connectivity index (χ1v) is 4.57. The Hall–Kier alpha value is -1.95. The highest BCUT2D eigenvalue weighted by Gasteiger charge is 2.44. The second-order valence-electron chi connectivity index (χ2n) is 2.77. The van der Waals surface area contributed by atoms with Gasteiger partial charge < -0.3 is 9.47 Å². The standard InChI is InChI=1S/C9H8F2O2.4F2.FH/c1-2-6-4-3-5-7-8(6)13-9(10,11)12-7;4*1-2;/h3-5H,2H2,1H3;;;;;1H. The molecule has 22 heavy (non-hydrogen) atoms. The van der Waals surface area contributed by atoms with Crippen molar-refractivity contribution in [2.24, 2.45) is 0 Å². The maximum Gasteiger partial charge on any atom is 0.586 e. The van der Waals surface area contributed by atoms with Crippen molar-refractivity contribution in [1.29, 1.82) is 0 Å². The molecule has 0 saturated heterocycles. The maximum absolute atomic E-state index is 12.6. The molecule has 1 aromatic carbocycles. The van der Waals surface area contributed by atoms with Crippen LogP contribution >= 0.6 is 0 Å². The topological polar surface area (TPSA) is 18.5 Å². The van der Waals surface area contributed by atoms with Crippen molar-refractivity contribution in [3.63, 3.8) is 0 Å². The summed E-state index contributed by atoms with van der Waals surface area (Å²) in [5.74, 6) is 0.277. The molecule has 0 bridgehead atoms. The van der Waals surface area contributed by atoms with Crippen molar-refractivity contribution in [2.45, 2.75) is 19.6 Å². The van der Waals surface area contributed by atoms with Gasteiger partial charge in [0, 0.05) is 36.6 Å². The van der Waals surface area contributed by atoms with E-state index in [-0.39, 0.29) is 16.2 Å². The summed E-state index contributed by atoms with van der Waals surface area (Å²) in [5, 5.41) is 0. The van der Waals surface area contributed by atoms with E-state index in [9.17, 15) is 8.78 Å². The molecule has 2 nitrogen and oxygen atoms in total. The van der Waals surface area contributed by atoms with Crippen LogP contribution in [0.2, 0.25) is 0 Å². The third-order valence-electron chi connectivity index (χ3n) is 1.89. The molecule has 0 unspecified atom stereocenters. The van der Waals surface area contributed by atoms with Crippen LogP contribution in [0.3, 0.4) is 0 Å². The molecule has 0 aliphatic carbocycles. The van der Waals surface area contributed by atoms with Crippen molar-refractivity contribution >= 4 is 0 Å². The first-order valence-electron chi connectivity index (χ1n) is 4.57. The average molecular weight is 358 g/mol. The SMILES string of the molecule is CCc1cccc2c1OC(F)(F)O2.F.FF.FF.FF.FF. The Labute approximate surface area is 116 Å². The molecule has 1 aliphatic heterocycles. The number of aryl methyl sites for hydroxylation is 1. The van der Waals surface area contributed by atoms with Gasteiger partial charge in [-0.1, -0.05) is 19.1 Å². The number of halogens is 11. The van der Waals surface area contributed by atoms with E-state index in [0.717, 1.165) is 5.56 Å². The molecule has 2 rings (SSSR count). The Balaban J connectivity index is -0.000000158. The number of hydrogen-bond acceptors (Lipinski definition) is 2. The highest BCUT2D eigenvalue weighted by atomic mass is 20.0. The van der Waals surface area contributed by atoms with Crippen LogP contribution in [-0.4, -0.2) is 6.29 Å². The average Bonchev–Trinajstić information content (AvgIpc) is 2.88. The number of ether oxygens (including phenoxy) is 2. The van der Waals surface area contributed by atoms with Crippen LogP contribution in [0.15, 0.2) is 18.2 Å². The van der Waals surface area contributed by atoms with Crippen molar-refractivity contribution in [3.05, 3.63) is 23.8 Å². The molecule has 0 atom stereocenters. The van der Waals surface area contributed by atoms with Gasteiger partial charge in [0.25, 0.3) is 0 Å². The van der Waals surface area contributed by atoms with E-state index in [1.807, 2.05) is 6.92 Å². The van der Waals surface area contributed by atoms with E-state index in [1.54, 1.807) is 12.1 Å². The Kier molecular flexibility index (Phi) is 22.0. The van der Waals surface area contributed by atoms with E-state index in [0.29, 0.717) is 6.42 Å². The molecule has 134 valence electrons. The summed E-state index contributed by atoms with van der Waals surface area (Å²) >= 11 is 0. The molecule has 1 heterocycles. The molecule has 0 fully saturated rings. The minimum absolute atomic E-state index is 0. The third-order valence-corrected chi connectivity index (χ3v) is 1.89. The van der Waals surface area contributed by atoms with Crippen LogP contribution in [0.5, 0.6) is 11.5 Å². The smallest absolute Gasteiger partial charge is 0.395 e. The summed E-state index contributed by atoms with van der Waals surface area (Å²) in [5.41, 5.74) is 0.731. The third kappa shape index (κ3) is 9.07. The van der Waals surface area contributed by atoms with Crippen molar-refractivity contribution in [3.8, 4) is 11.5 Å². The lowest BCUT2D eigenvalue weighted by atomic mass is 10.1. The van der Waals surface area contributed by atoms with Gasteiger partial charge in [-0.15, -0.1) is 8.78 Å². The Bertz CT molecular complexity index is 350. The van der Waals surface area contributed by atoms with E-state index in [4.69, 9.17) is 36.6 Å². The number of hydrogen-bond donors (Lipinski definition) is 0. The van der Waals surface area contributed by atoms with Gasteiger partial charge in [0.2, 0.25) is 0 Å². The summed E-state index contributed by atoms with van der Waals surface area (Å²) < 4.78 is 97.9. The van der Waals surface area contributed by atoms with Gasteiger partial charge in [-0.25, -0.2) is 0 Å². The van der Waals surface area contributed by atoms with Gasteiger partial charge in [-0.3, -0.25) is 4.70 Å². The van der Waals surface area contributed by atoms with Gasteiger partial charge in [-0.05, 0) is 18.1 Å². The first kappa shape index (κ1) is 28.2. The van der Waals surface area contributed by atoms with Gasteiger partial charge in [0.1, 0.15) is 0 Å². The lowest BCUT2D eigenvalue weighted by Crippen LogP contribution is -2.26. The minimum atomic E-state index is -3.51. The number of benzene rings is 1. The van der Waals surface area contributed by atoms with Gasteiger partial charge in [0.05, 0.1) is 0 Å². The lowest BCUT2D eigenvalue weighted by Gasteiger charge is -2.05. The van der Waals surface area contributed by atoms with Gasteiger partial charge >= 0.3 is 6.29 Å². The zero-order valence-corrected chi connectivity index (χ0v) is 10.4. The molecule has 0 N–H and O–H groups in total. The molecule has 1 aliphatic rings. The van der Waals surface area contributed by atoms with E-state index in [2.05, 4.69) is 9.47 Å². The molecule has 1 aromatic rings. The summed E-state index contributed by atoms with van der Waals surface area (Å²) in [4.78, 5) is 0. The molecule has 0 saturated carbocycles. The maximum atomic E-state index is 12.6. The van der Waals surface area contributed by atoms with E-state index >= 15 is 0 Å². The molecular weight excluding hydrogens is 349 g/mol. The highest BCUT2D eigenvalue weighted by molar-refractivity contribution is 5.48. The number of rotatable bonds is 1. The van der Waals surface area contributed by atoms with Crippen molar-refractivity contribution in [1.82, 2.24) is 0 Å². The number of para-hydroxylation sites is 1. The Morgan fingerprint density at radius 2 is 1.32 bits per heavy atom. The van der Waals surface area contributed by atoms with Crippen LogP contribution in [0.1, 0.15) is 12.5 Å². The quantitative estimate of drug-likeness (QED) is 0.566. The van der Waals surface area contributed by atoms with Crippen LogP contribution in [0.25, 0.3) is 0 Å². The van der Waals surface area contributed by atoms with Crippen LogP contribution < -0.4 is 9.47 Å². The predicted molar refractivity (Wildman–Crippen MR) is 53.4 cm³/mol. The van der Waals surface area contributed by atoms with Crippen LogP contribution in [-0.2, 0) is 6.42 Å². The Morgan fingerprint density at radius 3 is 1.73 bits per heavy atom. The molecular formula is C9H9F11O2. The minimum Gasteiger partial charge on any atom is -0.395 e.